The number of nitrogens with zero attached hydrogens (tertiary/aromatic N) is 1. The first-order chi connectivity index (χ1) is 9.91. The summed E-state index contributed by atoms with van der Waals surface area (Å²) < 4.78 is 33.4. The number of hydrogen-bond acceptors (Lipinski definition) is 5. The number of amides is 1. The second-order valence-corrected chi connectivity index (χ2v) is 7.26. The Morgan fingerprint density at radius 3 is 2.71 bits per heavy atom. The molecule has 0 aliphatic carbocycles. The number of likely N-dealkylation sites (N-methyl/N-ethyl adjacent to an activating group) is 1. The van der Waals surface area contributed by atoms with Gasteiger partial charge in [0.2, 0.25) is 0 Å². The topological polar surface area (TPSA) is 72.9 Å². The molecule has 1 aliphatic heterocycles. The molecule has 1 amide bonds. The Labute approximate surface area is 124 Å². The Bertz CT molecular complexity index is 614. The number of carbonyl (C=O) groups is 1. The van der Waals surface area contributed by atoms with E-state index in [2.05, 4.69) is 0 Å². The summed E-state index contributed by atoms with van der Waals surface area (Å²) in [5, 5.41) is 0. The van der Waals surface area contributed by atoms with Crippen LogP contribution in [0.25, 0.3) is 0 Å². The number of carbonyl (C=O) groups excluding carboxylic acids is 1. The minimum absolute atomic E-state index is 0.0361. The van der Waals surface area contributed by atoms with Crippen LogP contribution in [0.3, 0.4) is 0 Å². The van der Waals surface area contributed by atoms with E-state index < -0.39 is 9.84 Å². The molecule has 0 aromatic heterocycles. The van der Waals surface area contributed by atoms with E-state index in [9.17, 15) is 13.2 Å². The molecule has 1 fully saturated rings. The molecule has 6 nitrogen and oxygen atoms in total. The fraction of sp³-hybridized carbons (Fsp3) is 0.500. The summed E-state index contributed by atoms with van der Waals surface area (Å²) in [5.41, 5.74) is 0. The van der Waals surface area contributed by atoms with Crippen molar-refractivity contribution in [2.24, 2.45) is 0 Å². The van der Waals surface area contributed by atoms with Gasteiger partial charge in [-0.15, -0.1) is 0 Å². The standard InChI is InChI=1S/C14H19NO5S/c1-15(11-6-7-21(17,18)10-11)14(16)9-20-13-5-3-4-12(8-13)19-2/h3-5,8,11H,6-7,9-10H2,1-2H3/t11-/m0/s1. The lowest BCUT2D eigenvalue weighted by molar-refractivity contribution is -0.133. The van der Waals surface area contributed by atoms with Gasteiger partial charge in [0.15, 0.2) is 16.4 Å². The average Bonchev–Trinajstić information content (AvgIpc) is 2.84. The van der Waals surface area contributed by atoms with Crippen molar-refractivity contribution in [2.45, 2.75) is 12.5 Å². The zero-order valence-corrected chi connectivity index (χ0v) is 12.9. The van der Waals surface area contributed by atoms with Crippen molar-refractivity contribution in [1.29, 1.82) is 0 Å². The first-order valence-corrected chi connectivity index (χ1v) is 8.46. The molecule has 2 rings (SSSR count). The van der Waals surface area contributed by atoms with Crippen molar-refractivity contribution in [3.63, 3.8) is 0 Å². The Morgan fingerprint density at radius 1 is 1.38 bits per heavy atom. The van der Waals surface area contributed by atoms with Gasteiger partial charge >= 0.3 is 0 Å². The summed E-state index contributed by atoms with van der Waals surface area (Å²) in [5.74, 6) is 1.13. The van der Waals surface area contributed by atoms with Gasteiger partial charge in [-0.25, -0.2) is 8.42 Å². The van der Waals surface area contributed by atoms with Crippen LogP contribution in [-0.2, 0) is 14.6 Å². The molecule has 1 aliphatic rings. The summed E-state index contributed by atoms with van der Waals surface area (Å²) in [6.45, 7) is -0.125. The molecule has 0 N–H and O–H groups in total. The van der Waals surface area contributed by atoms with Crippen LogP contribution in [0.15, 0.2) is 24.3 Å². The highest BCUT2D eigenvalue weighted by Crippen LogP contribution is 2.20. The van der Waals surface area contributed by atoms with E-state index in [1.165, 1.54) is 4.90 Å². The lowest BCUT2D eigenvalue weighted by Crippen LogP contribution is -2.40. The predicted molar refractivity (Wildman–Crippen MR) is 78.3 cm³/mol. The van der Waals surface area contributed by atoms with Gasteiger partial charge in [0.05, 0.1) is 18.6 Å². The van der Waals surface area contributed by atoms with Crippen LogP contribution in [0.4, 0.5) is 0 Å². The van der Waals surface area contributed by atoms with Gasteiger partial charge in [-0.05, 0) is 18.6 Å². The molecule has 1 heterocycles. The molecule has 0 spiro atoms. The maximum atomic E-state index is 12.0. The van der Waals surface area contributed by atoms with Gasteiger partial charge in [0.1, 0.15) is 11.5 Å². The van der Waals surface area contributed by atoms with Crippen LogP contribution in [0, 0.1) is 0 Å². The molecule has 1 aromatic rings. The molecule has 0 saturated carbocycles. The summed E-state index contributed by atoms with van der Waals surface area (Å²) in [6, 6.07) is 6.72. The Balaban J connectivity index is 1.89. The Morgan fingerprint density at radius 2 is 2.10 bits per heavy atom. The lowest BCUT2D eigenvalue weighted by Gasteiger charge is -2.23. The maximum absolute atomic E-state index is 12.0. The second kappa shape index (κ2) is 6.34. The molecule has 0 unspecified atom stereocenters. The van der Waals surface area contributed by atoms with Crippen molar-refractivity contribution in [2.75, 3.05) is 32.3 Å². The van der Waals surface area contributed by atoms with Crippen LogP contribution in [-0.4, -0.2) is 57.5 Å². The van der Waals surface area contributed by atoms with Crippen molar-refractivity contribution < 1.29 is 22.7 Å². The van der Waals surface area contributed by atoms with Crippen LogP contribution < -0.4 is 9.47 Å². The molecule has 1 saturated heterocycles. The highest BCUT2D eigenvalue weighted by atomic mass is 32.2. The minimum Gasteiger partial charge on any atom is -0.497 e. The molecule has 1 aromatic carbocycles. The van der Waals surface area contributed by atoms with Crippen molar-refractivity contribution in [3.8, 4) is 11.5 Å². The molecule has 21 heavy (non-hydrogen) atoms. The number of methoxy groups -OCH3 is 1. The van der Waals surface area contributed by atoms with Gasteiger partial charge in [-0.3, -0.25) is 4.79 Å². The van der Waals surface area contributed by atoms with Crippen LogP contribution in [0.2, 0.25) is 0 Å². The van der Waals surface area contributed by atoms with E-state index in [1.807, 2.05) is 0 Å². The number of rotatable bonds is 5. The van der Waals surface area contributed by atoms with Crippen molar-refractivity contribution in [1.82, 2.24) is 4.90 Å². The van der Waals surface area contributed by atoms with E-state index in [1.54, 1.807) is 38.4 Å². The van der Waals surface area contributed by atoms with Crippen LogP contribution in [0.5, 0.6) is 11.5 Å². The highest BCUT2D eigenvalue weighted by molar-refractivity contribution is 7.91. The maximum Gasteiger partial charge on any atom is 0.260 e. The van der Waals surface area contributed by atoms with Crippen molar-refractivity contribution >= 4 is 15.7 Å². The SMILES string of the molecule is COc1cccc(OCC(=O)N(C)[C@H]2CCS(=O)(=O)C2)c1. The number of hydrogen-bond donors (Lipinski definition) is 0. The van der Waals surface area contributed by atoms with Gasteiger partial charge < -0.3 is 14.4 Å². The van der Waals surface area contributed by atoms with Crippen LogP contribution in [0.1, 0.15) is 6.42 Å². The monoisotopic (exact) mass is 313 g/mol. The third-order valence-corrected chi connectivity index (χ3v) is 5.30. The summed E-state index contributed by atoms with van der Waals surface area (Å²) >= 11 is 0. The Kier molecular flexibility index (Phi) is 4.72. The average molecular weight is 313 g/mol. The summed E-state index contributed by atoms with van der Waals surface area (Å²) in [7, 11) is 0.167. The fourth-order valence-corrected chi connectivity index (χ4v) is 4.00. The zero-order chi connectivity index (χ0) is 15.5. The minimum atomic E-state index is -3.00. The fourth-order valence-electron chi connectivity index (χ4n) is 2.22. The normalized spacial score (nSPS) is 20.0. The molecule has 7 heteroatoms. The molecule has 0 radical (unpaired) electrons. The predicted octanol–water partition coefficient (Wildman–Crippen LogP) is 0.720. The smallest absolute Gasteiger partial charge is 0.260 e. The van der Waals surface area contributed by atoms with Gasteiger partial charge in [-0.2, -0.15) is 0 Å². The summed E-state index contributed by atoms with van der Waals surface area (Å²) in [6.07, 6.45) is 0.490. The number of benzene rings is 1. The highest BCUT2D eigenvalue weighted by Gasteiger charge is 2.32. The van der Waals surface area contributed by atoms with E-state index in [-0.39, 0.29) is 30.1 Å². The molecule has 116 valence electrons. The largest absolute Gasteiger partial charge is 0.497 e. The third kappa shape index (κ3) is 4.10. The Hall–Kier alpha value is -1.76. The lowest BCUT2D eigenvalue weighted by atomic mass is 10.2. The van der Waals surface area contributed by atoms with E-state index in [4.69, 9.17) is 9.47 Å². The second-order valence-electron chi connectivity index (χ2n) is 5.03. The van der Waals surface area contributed by atoms with Crippen LogP contribution >= 0.6 is 0 Å². The third-order valence-electron chi connectivity index (χ3n) is 3.55. The van der Waals surface area contributed by atoms with E-state index in [0.29, 0.717) is 17.9 Å². The molecular formula is C14H19NO5S. The number of sulfone groups is 1. The number of ether oxygens (including phenoxy) is 2. The van der Waals surface area contributed by atoms with Gasteiger partial charge in [0, 0.05) is 19.2 Å². The molecular weight excluding hydrogens is 294 g/mol. The van der Waals surface area contributed by atoms with Crippen molar-refractivity contribution in [3.05, 3.63) is 24.3 Å². The summed E-state index contributed by atoms with van der Waals surface area (Å²) in [4.78, 5) is 13.5. The zero-order valence-electron chi connectivity index (χ0n) is 12.1. The quantitative estimate of drug-likeness (QED) is 0.801. The van der Waals surface area contributed by atoms with E-state index >= 15 is 0 Å². The molecule has 1 atom stereocenters. The first kappa shape index (κ1) is 15.6. The van der Waals surface area contributed by atoms with E-state index in [0.717, 1.165) is 0 Å². The first-order valence-electron chi connectivity index (χ1n) is 6.64. The van der Waals surface area contributed by atoms with Gasteiger partial charge in [0.25, 0.3) is 5.91 Å². The van der Waals surface area contributed by atoms with Gasteiger partial charge in [-0.1, -0.05) is 6.07 Å². The molecule has 0 bridgehead atoms.